The molecule has 4 aromatic heterocycles. The fraction of sp³-hybridized carbons (Fsp3) is 0.698. The van der Waals surface area contributed by atoms with Gasteiger partial charge in [-0.15, -0.1) is 0 Å². The third-order valence-electron chi connectivity index (χ3n) is 20.5. The van der Waals surface area contributed by atoms with Crippen molar-refractivity contribution in [1.82, 2.24) is 24.8 Å². The Bertz CT molecular complexity index is 2880. The summed E-state index contributed by atoms with van der Waals surface area (Å²) in [6, 6.07) is 17.1. The molecule has 0 aromatic carbocycles. The molecule has 4 saturated carbocycles. The molecule has 0 bridgehead atoms. The third-order valence-corrected chi connectivity index (χ3v) is 20.5. The number of esters is 1. The number of ether oxygens (including phenoxy) is 2. The molecule has 108 heavy (non-hydrogen) atoms. The molecule has 0 amide bonds. The average molecular weight is 1520 g/mol. The molecule has 4 aliphatic carbocycles. The number of aliphatic carboxylic acids is 1. The molecule has 2 atom stereocenters. The molecule has 4 aromatic rings. The van der Waals surface area contributed by atoms with E-state index in [0.717, 1.165) is 199 Å². The van der Waals surface area contributed by atoms with Gasteiger partial charge in [0.25, 0.3) is 0 Å². The van der Waals surface area contributed by atoms with Gasteiger partial charge in [0.1, 0.15) is 11.6 Å². The van der Waals surface area contributed by atoms with Crippen molar-refractivity contribution in [1.29, 1.82) is 0 Å². The Morgan fingerprint density at radius 3 is 0.926 bits per heavy atom. The van der Waals surface area contributed by atoms with Crippen LogP contribution in [0.15, 0.2) is 61.1 Å². The molecule has 8 rings (SSSR count). The van der Waals surface area contributed by atoms with Crippen LogP contribution in [-0.4, -0.2) is 160 Å². The number of carbonyl (C=O) groups excluding carboxylic acids is 3. The van der Waals surface area contributed by atoms with Crippen LogP contribution >= 0.6 is 0 Å². The van der Waals surface area contributed by atoms with Crippen molar-refractivity contribution < 1.29 is 123 Å². The Balaban J connectivity index is 0. The molecular weight excluding hydrogens is 1370 g/mol. The van der Waals surface area contributed by atoms with Crippen LogP contribution in [0.4, 0.5) is 0 Å². The van der Waals surface area contributed by atoms with Gasteiger partial charge in [-0.1, -0.05) is 120 Å². The van der Waals surface area contributed by atoms with E-state index in [1.807, 2.05) is 6.92 Å². The number of hydrogen-bond donors (Lipinski definition) is 7. The molecule has 0 spiro atoms. The van der Waals surface area contributed by atoms with E-state index < -0.39 is 23.1 Å². The summed E-state index contributed by atoms with van der Waals surface area (Å²) >= 11 is 0. The van der Waals surface area contributed by atoms with E-state index in [-0.39, 0.29) is 111 Å². The maximum absolute atomic E-state index is 12.1. The van der Waals surface area contributed by atoms with Gasteiger partial charge in [-0.3, -0.25) is 44.0 Å². The van der Waals surface area contributed by atoms with Gasteiger partial charge in [-0.2, -0.15) is 0 Å². The fourth-order valence-electron chi connectivity index (χ4n) is 14.5. The number of carboxylic acid groups (broad SMARTS) is 1. The van der Waals surface area contributed by atoms with E-state index in [9.17, 15) is 39.6 Å². The molecule has 2 unspecified atom stereocenters. The monoisotopic (exact) mass is 1510 g/mol. The van der Waals surface area contributed by atoms with E-state index in [4.69, 9.17) is 25.2 Å². The molecule has 0 aliphatic heterocycles. The quantitative estimate of drug-likeness (QED) is 0.0132. The minimum Gasteiger partial charge on any atom is -0.870 e. The first kappa shape index (κ1) is 106. The van der Waals surface area contributed by atoms with Crippen molar-refractivity contribution in [2.75, 3.05) is 59.3 Å². The van der Waals surface area contributed by atoms with Crippen LogP contribution in [0.25, 0.3) is 0 Å². The number of ketones is 2. The molecule has 0 saturated heterocycles. The van der Waals surface area contributed by atoms with Crippen molar-refractivity contribution in [2.45, 2.75) is 306 Å². The zero-order chi connectivity index (χ0) is 78.0. The van der Waals surface area contributed by atoms with Crippen molar-refractivity contribution in [3.8, 4) is 0 Å². The van der Waals surface area contributed by atoms with Crippen LogP contribution in [0.1, 0.15) is 285 Å². The SMILES string of the molecule is C=C([O-])OCC.CCO.CCOC(=O)CC(O)(CCc1cc(CC)nc(CC)c1)C1CCCC1.CCc1cc(CCC(=O)C2CCCC2)cc(CC)n1.CCc1cc(CCC(=O)C2CCCC2)cc(CC)n1.CCc1cc(CCC(O)(CC(=O)O)C2CCCC2)cc(CC)n1.OCCN(CCO)CCO.[Li+].[Na+].[OH-]. The van der Waals surface area contributed by atoms with Gasteiger partial charge in [-0.25, -0.2) is 0 Å². The largest absolute Gasteiger partial charge is 1.00 e. The van der Waals surface area contributed by atoms with Crippen LogP contribution in [0.2, 0.25) is 0 Å². The number of aryl methyl sites for hydroxylation is 12. The van der Waals surface area contributed by atoms with E-state index in [0.29, 0.717) is 88.4 Å². The summed E-state index contributed by atoms with van der Waals surface area (Å²) in [5.74, 6) is 0.351. The number of Topliss-reactive ketones (excluding diaryl/α,β-unsaturated/α-hetero) is 2. The van der Waals surface area contributed by atoms with E-state index in [1.165, 1.54) is 42.4 Å². The van der Waals surface area contributed by atoms with E-state index in [2.05, 4.69) is 135 Å². The van der Waals surface area contributed by atoms with Gasteiger partial charge in [0.15, 0.2) is 0 Å². The summed E-state index contributed by atoms with van der Waals surface area (Å²) in [6.45, 7) is 27.9. The van der Waals surface area contributed by atoms with Gasteiger partial charge in [0.2, 0.25) is 0 Å². The first-order valence-corrected chi connectivity index (χ1v) is 40.4. The molecule has 602 valence electrons. The van der Waals surface area contributed by atoms with Gasteiger partial charge in [-0.05, 0) is 244 Å². The Morgan fingerprint density at radius 2 is 0.704 bits per heavy atom. The number of carboxylic acids is 1. The molecular formula is C86H141LiN5NaO15. The first-order valence-electron chi connectivity index (χ1n) is 40.4. The van der Waals surface area contributed by atoms with Crippen molar-refractivity contribution >= 4 is 23.5 Å². The maximum atomic E-state index is 12.1. The number of hydrogen-bond acceptors (Lipinski definition) is 19. The van der Waals surface area contributed by atoms with Gasteiger partial charge < -0.3 is 55.8 Å². The number of aromatic nitrogens is 4. The first-order chi connectivity index (χ1) is 50.4. The van der Waals surface area contributed by atoms with Gasteiger partial charge in [0.05, 0.1) is 50.5 Å². The smallest absolute Gasteiger partial charge is 0.870 e. The third kappa shape index (κ3) is 42.9. The predicted octanol–water partition coefficient (Wildman–Crippen LogP) is 7.29. The summed E-state index contributed by atoms with van der Waals surface area (Å²) < 4.78 is 9.40. The van der Waals surface area contributed by atoms with Crippen molar-refractivity contribution in [2.24, 2.45) is 23.7 Å². The Labute approximate surface area is 684 Å². The van der Waals surface area contributed by atoms with Gasteiger partial charge >= 0.3 is 60.4 Å². The second kappa shape index (κ2) is 62.0. The zero-order valence-corrected chi connectivity index (χ0v) is 71.2. The number of aliphatic hydroxyl groups excluding tert-OH is 4. The molecule has 20 nitrogen and oxygen atoms in total. The van der Waals surface area contributed by atoms with Crippen molar-refractivity contribution in [3.63, 3.8) is 0 Å². The topological polar surface area (TPSA) is 336 Å². The normalized spacial score (nSPS) is 15.1. The number of aliphatic hydroxyl groups is 6. The Hall–Kier alpha value is -4.50. The standard InChI is InChI=1S/C21H33NO3.C19H29NO3.2C17H25NO.C6H15NO3.C4H8O2.C2H6O.Li.Na.H2O/c1-4-18-13-16(14-19(5-2)22-18)11-12-21(24,15-20(23)25-6-3)17-9-7-8-10-17;1-3-16-11-14(12-17(4-2)20-16)9-10-19(23,13-18(21)22)15-7-5-6-8-15;2*1-3-15-11-13(12-16(4-2)18-15)9-10-17(19)14-7-5-6-8-14;8-4-1-7(2-5-9)3-6-10;1-3-6-4(2)5;1-2-3;;;/h13-14,17,24H,4-12,15H2,1-3H3;11-12,15,23H,3-10,13H2,1-2H3,(H,21,22);2*11-12,14H,3-10H2,1-2H3;8-10H,1-6H2;5H,2-3H2,1H3;3H,2H2,1H3;;;1H2/q;;;;;;;2*+1;/p-2. The predicted molar refractivity (Wildman–Crippen MR) is 420 cm³/mol. The van der Waals surface area contributed by atoms with Crippen molar-refractivity contribution in [3.05, 3.63) is 129 Å². The maximum Gasteiger partial charge on any atom is 1.00 e. The molecule has 4 heterocycles. The second-order valence-electron chi connectivity index (χ2n) is 28.4. The Morgan fingerprint density at radius 1 is 0.454 bits per heavy atom. The second-order valence-corrected chi connectivity index (χ2v) is 28.4. The zero-order valence-electron chi connectivity index (χ0n) is 69.2. The van der Waals surface area contributed by atoms with E-state index in [1.54, 1.807) is 18.7 Å². The number of rotatable bonds is 37. The summed E-state index contributed by atoms with van der Waals surface area (Å²) in [7, 11) is 0. The summed E-state index contributed by atoms with van der Waals surface area (Å²) in [6.07, 6.45) is 31.1. The molecule has 8 N–H and O–H groups in total. The van der Waals surface area contributed by atoms with Crippen LogP contribution in [-0.2, 0) is 106 Å². The summed E-state index contributed by atoms with van der Waals surface area (Å²) in [4.78, 5) is 67.7. The molecule has 22 heteroatoms. The molecule has 4 fully saturated rings. The minimum atomic E-state index is -1.08. The molecule has 4 aliphatic rings. The Kier molecular flexibility index (Phi) is 60.6. The number of carbonyl (C=O) groups is 4. The van der Waals surface area contributed by atoms with Crippen LogP contribution in [0, 0.1) is 23.7 Å². The fourth-order valence-corrected chi connectivity index (χ4v) is 14.5. The summed E-state index contributed by atoms with van der Waals surface area (Å²) in [5.41, 5.74) is 11.9. The van der Waals surface area contributed by atoms with Crippen LogP contribution < -0.4 is 53.5 Å². The molecule has 0 radical (unpaired) electrons. The average Bonchev–Trinajstić information content (AvgIpc) is 1.50. The van der Waals surface area contributed by atoms with Crippen LogP contribution in [0.3, 0.4) is 0 Å². The summed E-state index contributed by atoms with van der Waals surface area (Å²) in [5, 5.41) is 74.2. The van der Waals surface area contributed by atoms with Crippen LogP contribution in [0.5, 0.6) is 0 Å². The number of nitrogens with zero attached hydrogens (tertiary/aromatic N) is 5. The van der Waals surface area contributed by atoms with Gasteiger partial charge in [0, 0.05) is 102 Å². The van der Waals surface area contributed by atoms with E-state index >= 15 is 0 Å². The number of pyridine rings is 4. The minimum absolute atomic E-state index is 0.